The number of thioether (sulfide) groups is 1. The Kier molecular flexibility index (Phi) is 5.46. The van der Waals surface area contributed by atoms with E-state index in [2.05, 4.69) is 23.7 Å². The fourth-order valence-electron chi connectivity index (χ4n) is 2.72. The maximum absolute atomic E-state index is 5.63. The van der Waals surface area contributed by atoms with Gasteiger partial charge >= 0.3 is 0 Å². The molecule has 2 nitrogen and oxygen atoms in total. The highest BCUT2D eigenvalue weighted by Crippen LogP contribution is 2.22. The molecule has 2 rings (SSSR count). The Morgan fingerprint density at radius 2 is 2.19 bits per heavy atom. The fourth-order valence-corrected chi connectivity index (χ4v) is 3.85. The van der Waals surface area contributed by atoms with E-state index in [4.69, 9.17) is 4.74 Å². The smallest absolute Gasteiger partial charge is 0.0666 e. The van der Waals surface area contributed by atoms with Crippen LogP contribution in [0, 0.1) is 0 Å². The van der Waals surface area contributed by atoms with Crippen LogP contribution in [0.2, 0.25) is 0 Å². The zero-order chi connectivity index (χ0) is 11.2. The molecule has 0 amide bonds. The third kappa shape index (κ3) is 3.94. The van der Waals surface area contributed by atoms with Crippen LogP contribution in [0.1, 0.15) is 38.5 Å². The Hall–Kier alpha value is 0.270. The summed E-state index contributed by atoms with van der Waals surface area (Å²) in [6.07, 6.45) is 8.74. The summed E-state index contributed by atoms with van der Waals surface area (Å²) in [4.78, 5) is 2.55. The van der Waals surface area contributed by atoms with E-state index in [0.717, 1.165) is 12.6 Å². The van der Waals surface area contributed by atoms with Crippen molar-refractivity contribution in [2.45, 2.75) is 50.7 Å². The minimum Gasteiger partial charge on any atom is -0.377 e. The third-order valence-electron chi connectivity index (χ3n) is 3.84. The largest absolute Gasteiger partial charge is 0.377 e. The molecule has 0 aromatic heterocycles. The van der Waals surface area contributed by atoms with Gasteiger partial charge in [0, 0.05) is 18.4 Å². The Morgan fingerprint density at radius 1 is 1.25 bits per heavy atom. The molecule has 0 unspecified atom stereocenters. The quantitative estimate of drug-likeness (QED) is 0.689. The Balaban J connectivity index is 1.53. The van der Waals surface area contributed by atoms with E-state index < -0.39 is 0 Å². The summed E-state index contributed by atoms with van der Waals surface area (Å²) in [5, 5.41) is 0. The monoisotopic (exact) mass is 243 g/mol. The van der Waals surface area contributed by atoms with E-state index in [-0.39, 0.29) is 0 Å². The maximum atomic E-state index is 5.63. The number of likely N-dealkylation sites (tertiary alicyclic amines) is 1. The van der Waals surface area contributed by atoms with Crippen molar-refractivity contribution < 1.29 is 4.74 Å². The van der Waals surface area contributed by atoms with Crippen LogP contribution in [-0.4, -0.2) is 48.8 Å². The predicted molar refractivity (Wildman–Crippen MR) is 71.2 cm³/mol. The summed E-state index contributed by atoms with van der Waals surface area (Å²) < 4.78 is 5.63. The van der Waals surface area contributed by atoms with Gasteiger partial charge in [0.05, 0.1) is 6.10 Å². The van der Waals surface area contributed by atoms with Gasteiger partial charge in [0.25, 0.3) is 0 Å². The van der Waals surface area contributed by atoms with Gasteiger partial charge in [-0.05, 0) is 51.4 Å². The molecule has 94 valence electrons. The van der Waals surface area contributed by atoms with Gasteiger partial charge in [0.1, 0.15) is 0 Å². The highest BCUT2D eigenvalue weighted by Gasteiger charge is 2.19. The van der Waals surface area contributed by atoms with Crippen LogP contribution in [0.4, 0.5) is 0 Å². The van der Waals surface area contributed by atoms with Crippen LogP contribution < -0.4 is 0 Å². The molecule has 2 atom stereocenters. The molecule has 0 N–H and O–H groups in total. The number of nitrogens with zero attached hydrogens (tertiary/aromatic N) is 1. The first-order valence-electron chi connectivity index (χ1n) is 6.76. The highest BCUT2D eigenvalue weighted by atomic mass is 32.2. The molecule has 2 heterocycles. The van der Waals surface area contributed by atoms with Crippen LogP contribution in [0.25, 0.3) is 0 Å². The van der Waals surface area contributed by atoms with E-state index in [1.54, 1.807) is 0 Å². The first kappa shape index (κ1) is 12.7. The molecule has 0 aromatic rings. The van der Waals surface area contributed by atoms with Gasteiger partial charge in [-0.1, -0.05) is 6.42 Å². The van der Waals surface area contributed by atoms with Crippen molar-refractivity contribution in [3.63, 3.8) is 0 Å². The molecule has 0 bridgehead atoms. The summed E-state index contributed by atoms with van der Waals surface area (Å²) >= 11 is 2.09. The van der Waals surface area contributed by atoms with Crippen molar-refractivity contribution in [2.75, 3.05) is 31.7 Å². The second-order valence-corrected chi connectivity index (χ2v) is 6.28. The fraction of sp³-hybridized carbons (Fsp3) is 1.00. The average Bonchev–Trinajstić information content (AvgIpc) is 2.79. The number of piperidine rings is 1. The topological polar surface area (TPSA) is 12.5 Å². The molecule has 2 saturated heterocycles. The molecule has 0 radical (unpaired) electrons. The summed E-state index contributed by atoms with van der Waals surface area (Å²) in [5.74, 6) is 2.53. The zero-order valence-electron chi connectivity index (χ0n) is 10.5. The molecule has 3 heteroatoms. The van der Waals surface area contributed by atoms with E-state index >= 15 is 0 Å². The van der Waals surface area contributed by atoms with Crippen molar-refractivity contribution in [1.82, 2.24) is 4.90 Å². The van der Waals surface area contributed by atoms with Gasteiger partial charge in [-0.3, -0.25) is 0 Å². The standard InChI is InChI=1S/C13H25NOS/c1-14-8-3-2-5-12(14)7-10-16-11-13-6-4-9-15-13/h12-13H,2-11H2,1H3/t12-,13+/m1/s1. The number of rotatable bonds is 5. The molecular formula is C13H25NOS. The molecule has 0 spiro atoms. The van der Waals surface area contributed by atoms with Crippen molar-refractivity contribution in [3.05, 3.63) is 0 Å². The summed E-state index contributed by atoms with van der Waals surface area (Å²) in [6, 6.07) is 0.853. The second-order valence-electron chi connectivity index (χ2n) is 5.13. The lowest BCUT2D eigenvalue weighted by Crippen LogP contribution is -2.36. The van der Waals surface area contributed by atoms with Gasteiger partial charge in [0.2, 0.25) is 0 Å². The van der Waals surface area contributed by atoms with Crippen LogP contribution in [0.5, 0.6) is 0 Å². The Morgan fingerprint density at radius 3 is 2.94 bits per heavy atom. The first-order valence-corrected chi connectivity index (χ1v) is 7.91. The van der Waals surface area contributed by atoms with Crippen LogP contribution in [0.15, 0.2) is 0 Å². The zero-order valence-corrected chi connectivity index (χ0v) is 11.3. The average molecular weight is 243 g/mol. The van der Waals surface area contributed by atoms with Gasteiger partial charge in [-0.15, -0.1) is 0 Å². The Bertz CT molecular complexity index is 194. The molecule has 0 aromatic carbocycles. The van der Waals surface area contributed by atoms with Crippen molar-refractivity contribution in [2.24, 2.45) is 0 Å². The molecule has 2 aliphatic rings. The minimum absolute atomic E-state index is 0.564. The molecule has 0 aliphatic carbocycles. The van der Waals surface area contributed by atoms with Gasteiger partial charge in [0.15, 0.2) is 0 Å². The molecular weight excluding hydrogens is 218 g/mol. The molecule has 16 heavy (non-hydrogen) atoms. The predicted octanol–water partition coefficient (Wildman–Crippen LogP) is 2.77. The van der Waals surface area contributed by atoms with Gasteiger partial charge in [-0.25, -0.2) is 0 Å². The number of hydrogen-bond donors (Lipinski definition) is 0. The van der Waals surface area contributed by atoms with Crippen LogP contribution >= 0.6 is 11.8 Å². The summed E-state index contributed by atoms with van der Waals surface area (Å²) in [6.45, 7) is 2.30. The summed E-state index contributed by atoms with van der Waals surface area (Å²) in [7, 11) is 2.29. The lowest BCUT2D eigenvalue weighted by molar-refractivity contribution is 0.129. The van der Waals surface area contributed by atoms with Crippen molar-refractivity contribution in [1.29, 1.82) is 0 Å². The normalized spacial score (nSPS) is 32.1. The molecule has 2 fully saturated rings. The minimum atomic E-state index is 0.564. The molecule has 2 aliphatic heterocycles. The van der Waals surface area contributed by atoms with E-state index in [1.807, 2.05) is 0 Å². The van der Waals surface area contributed by atoms with E-state index in [0.29, 0.717) is 6.10 Å². The first-order chi connectivity index (χ1) is 7.86. The van der Waals surface area contributed by atoms with Crippen molar-refractivity contribution in [3.8, 4) is 0 Å². The van der Waals surface area contributed by atoms with Gasteiger partial charge in [-0.2, -0.15) is 11.8 Å². The SMILES string of the molecule is CN1CCCC[C@@H]1CCSC[C@@H]1CCCO1. The third-order valence-corrected chi connectivity index (χ3v) is 4.98. The van der Waals surface area contributed by atoms with Gasteiger partial charge < -0.3 is 9.64 Å². The number of ether oxygens (including phenoxy) is 1. The van der Waals surface area contributed by atoms with Crippen LogP contribution in [0.3, 0.4) is 0 Å². The Labute approximate surface area is 104 Å². The van der Waals surface area contributed by atoms with E-state index in [1.165, 1.54) is 56.6 Å². The lowest BCUT2D eigenvalue weighted by Gasteiger charge is -2.32. The number of hydrogen-bond acceptors (Lipinski definition) is 3. The molecule has 0 saturated carbocycles. The summed E-state index contributed by atoms with van der Waals surface area (Å²) in [5.41, 5.74) is 0. The lowest BCUT2D eigenvalue weighted by atomic mass is 10.0. The van der Waals surface area contributed by atoms with E-state index in [9.17, 15) is 0 Å². The van der Waals surface area contributed by atoms with Crippen LogP contribution in [-0.2, 0) is 4.74 Å². The second kappa shape index (κ2) is 6.87. The van der Waals surface area contributed by atoms with Crippen molar-refractivity contribution >= 4 is 11.8 Å². The highest BCUT2D eigenvalue weighted by molar-refractivity contribution is 7.99. The maximum Gasteiger partial charge on any atom is 0.0666 e.